The highest BCUT2D eigenvalue weighted by atomic mass is 28.4. The van der Waals surface area contributed by atoms with Crippen molar-refractivity contribution >= 4 is 8.56 Å². The van der Waals surface area contributed by atoms with Crippen LogP contribution in [-0.4, -0.2) is 15.2 Å². The highest BCUT2D eigenvalue weighted by Crippen LogP contribution is 2.24. The van der Waals surface area contributed by atoms with Crippen LogP contribution in [0.1, 0.15) is 70.3 Å². The predicted molar refractivity (Wildman–Crippen MR) is 102 cm³/mol. The molecule has 0 fully saturated rings. The van der Waals surface area contributed by atoms with Gasteiger partial charge in [-0.3, -0.25) is 0 Å². The molecule has 0 aliphatic carbocycles. The van der Waals surface area contributed by atoms with Crippen LogP contribution in [0.5, 0.6) is 0 Å². The van der Waals surface area contributed by atoms with Crippen molar-refractivity contribution in [1.29, 1.82) is 0 Å². The molecule has 28 heavy (non-hydrogen) atoms. The molecule has 2 nitrogen and oxygen atoms in total. The summed E-state index contributed by atoms with van der Waals surface area (Å²) in [5.74, 6) is -9.82. The van der Waals surface area contributed by atoms with Crippen LogP contribution >= 0.6 is 0 Å². The maximum Gasteiger partial charge on any atom is 0.332 e. The van der Waals surface area contributed by atoms with Gasteiger partial charge in [0.2, 0.25) is 5.82 Å². The van der Waals surface area contributed by atoms with Crippen molar-refractivity contribution in [2.24, 2.45) is 0 Å². The van der Waals surface area contributed by atoms with Gasteiger partial charge in [-0.25, -0.2) is 22.0 Å². The normalized spacial score (nSPS) is 12.0. The summed E-state index contributed by atoms with van der Waals surface area (Å²) in [7, 11) is -2.74. The van der Waals surface area contributed by atoms with Crippen LogP contribution in [0.25, 0.3) is 0 Å². The fourth-order valence-electron chi connectivity index (χ4n) is 2.80. The third-order valence-corrected chi connectivity index (χ3v) is 6.30. The second-order valence-electron chi connectivity index (χ2n) is 7.41. The van der Waals surface area contributed by atoms with Gasteiger partial charge in [0.15, 0.2) is 23.3 Å². The van der Waals surface area contributed by atoms with Gasteiger partial charge in [0.05, 0.1) is 12.2 Å². The number of halogens is 5. The lowest BCUT2D eigenvalue weighted by molar-refractivity contribution is 0.163. The molecule has 0 bridgehead atoms. The Morgan fingerprint density at radius 1 is 0.607 bits per heavy atom. The topological polar surface area (TPSA) is 18.5 Å². The smallest absolute Gasteiger partial charge is 0.332 e. The number of rotatable bonds is 14. The summed E-state index contributed by atoms with van der Waals surface area (Å²) in [5.41, 5.74) is -0.969. The minimum atomic E-state index is -2.74. The fraction of sp³-hybridized carbons (Fsp3) is 0.700. The summed E-state index contributed by atoms with van der Waals surface area (Å²) in [4.78, 5) is 0. The summed E-state index contributed by atoms with van der Waals surface area (Å²) in [5, 5.41) is 0. The SMILES string of the molecule is CCCCCCCCCCCO[Si](C)(C)OCc1c(F)c(F)c(F)c(F)c1F. The molecule has 0 N–H and O–H groups in total. The Hall–Kier alpha value is -0.993. The quantitative estimate of drug-likeness (QED) is 0.103. The Balaban J connectivity index is 2.32. The second-order valence-corrected chi connectivity index (χ2v) is 10.8. The highest BCUT2D eigenvalue weighted by Gasteiger charge is 2.29. The first-order chi connectivity index (χ1) is 13.2. The third kappa shape index (κ3) is 8.17. The van der Waals surface area contributed by atoms with Gasteiger partial charge in [-0.05, 0) is 19.5 Å². The average molecular weight is 427 g/mol. The molecule has 8 heteroatoms. The van der Waals surface area contributed by atoms with E-state index < -0.39 is 49.8 Å². The van der Waals surface area contributed by atoms with Crippen LogP contribution in [-0.2, 0) is 15.5 Å². The first-order valence-corrected chi connectivity index (χ1v) is 12.8. The molecular formula is C20H31F5O2Si. The first kappa shape index (κ1) is 25.0. The maximum atomic E-state index is 13.7. The van der Waals surface area contributed by atoms with Gasteiger partial charge in [-0.2, -0.15) is 0 Å². The van der Waals surface area contributed by atoms with Gasteiger partial charge in [-0.15, -0.1) is 0 Å². The summed E-state index contributed by atoms with van der Waals surface area (Å²) >= 11 is 0. The number of unbranched alkanes of at least 4 members (excludes halogenated alkanes) is 8. The lowest BCUT2D eigenvalue weighted by Crippen LogP contribution is -2.35. The van der Waals surface area contributed by atoms with Gasteiger partial charge >= 0.3 is 8.56 Å². The Morgan fingerprint density at radius 2 is 1.04 bits per heavy atom. The van der Waals surface area contributed by atoms with Gasteiger partial charge in [0.25, 0.3) is 0 Å². The molecule has 0 aromatic heterocycles. The van der Waals surface area contributed by atoms with E-state index in [1.807, 2.05) is 0 Å². The fourth-order valence-corrected chi connectivity index (χ4v) is 4.01. The molecule has 0 saturated carbocycles. The number of hydrogen-bond donors (Lipinski definition) is 0. The van der Waals surface area contributed by atoms with E-state index in [1.54, 1.807) is 13.1 Å². The van der Waals surface area contributed by atoms with Crippen LogP contribution in [0.4, 0.5) is 22.0 Å². The van der Waals surface area contributed by atoms with Gasteiger partial charge < -0.3 is 8.85 Å². The molecule has 1 aromatic carbocycles. The van der Waals surface area contributed by atoms with Gasteiger partial charge in [0, 0.05) is 6.61 Å². The van der Waals surface area contributed by atoms with Crippen LogP contribution in [0.3, 0.4) is 0 Å². The summed E-state index contributed by atoms with van der Waals surface area (Å²) in [6.45, 7) is 5.27. The number of benzene rings is 1. The Bertz CT molecular complexity index is 582. The minimum absolute atomic E-state index is 0.451. The van der Waals surface area contributed by atoms with E-state index in [0.717, 1.165) is 19.3 Å². The molecular weight excluding hydrogens is 395 g/mol. The standard InChI is InChI=1S/C20H31F5O2Si/c1-4-5-6-7-8-9-10-11-12-13-26-28(2,3)27-14-15-16(21)18(23)20(25)19(24)17(15)22/h4-14H2,1-3H3. The van der Waals surface area contributed by atoms with Crippen LogP contribution in [0.15, 0.2) is 0 Å². The maximum absolute atomic E-state index is 13.7. The van der Waals surface area contributed by atoms with Crippen LogP contribution in [0, 0.1) is 29.1 Å². The van der Waals surface area contributed by atoms with Crippen molar-refractivity contribution in [2.75, 3.05) is 6.61 Å². The molecule has 0 radical (unpaired) electrons. The molecule has 0 unspecified atom stereocenters. The minimum Gasteiger partial charge on any atom is -0.395 e. The molecule has 0 atom stereocenters. The first-order valence-electron chi connectivity index (χ1n) is 9.99. The van der Waals surface area contributed by atoms with Crippen molar-refractivity contribution in [2.45, 2.75) is 84.4 Å². The summed E-state index contributed by atoms with van der Waals surface area (Å²) < 4.78 is 77.9. The van der Waals surface area contributed by atoms with Crippen LogP contribution in [0.2, 0.25) is 13.1 Å². The zero-order valence-electron chi connectivity index (χ0n) is 17.0. The molecule has 0 aliphatic heterocycles. The van der Waals surface area contributed by atoms with Crippen molar-refractivity contribution in [3.05, 3.63) is 34.6 Å². The lowest BCUT2D eigenvalue weighted by atomic mass is 10.1. The molecule has 0 heterocycles. The number of hydrogen-bond acceptors (Lipinski definition) is 2. The molecule has 1 rings (SSSR count). The van der Waals surface area contributed by atoms with E-state index >= 15 is 0 Å². The van der Waals surface area contributed by atoms with E-state index in [4.69, 9.17) is 8.85 Å². The van der Waals surface area contributed by atoms with Gasteiger partial charge in [0.1, 0.15) is 0 Å². The monoisotopic (exact) mass is 426 g/mol. The predicted octanol–water partition coefficient (Wildman–Crippen LogP) is 7.15. The van der Waals surface area contributed by atoms with E-state index in [0.29, 0.717) is 6.61 Å². The Morgan fingerprint density at radius 3 is 1.54 bits per heavy atom. The zero-order valence-corrected chi connectivity index (χ0v) is 18.0. The highest BCUT2D eigenvalue weighted by molar-refractivity contribution is 6.64. The Labute approximate surface area is 165 Å². The molecule has 162 valence electrons. The van der Waals surface area contributed by atoms with Crippen molar-refractivity contribution in [3.63, 3.8) is 0 Å². The van der Waals surface area contributed by atoms with E-state index in [9.17, 15) is 22.0 Å². The largest absolute Gasteiger partial charge is 0.395 e. The van der Waals surface area contributed by atoms with Crippen molar-refractivity contribution in [1.82, 2.24) is 0 Å². The lowest BCUT2D eigenvalue weighted by Gasteiger charge is -2.23. The Kier molecular flexibility index (Phi) is 11.2. The second kappa shape index (κ2) is 12.5. The summed E-state index contributed by atoms with van der Waals surface area (Å²) in [6.07, 6.45) is 10.5. The van der Waals surface area contributed by atoms with Crippen molar-refractivity contribution in [3.8, 4) is 0 Å². The van der Waals surface area contributed by atoms with Crippen molar-refractivity contribution < 1.29 is 30.8 Å². The third-order valence-electron chi connectivity index (χ3n) is 4.56. The van der Waals surface area contributed by atoms with Crippen LogP contribution < -0.4 is 0 Å². The molecule has 0 amide bonds. The molecule has 0 spiro atoms. The van der Waals surface area contributed by atoms with E-state index in [1.165, 1.54) is 38.5 Å². The van der Waals surface area contributed by atoms with E-state index in [2.05, 4.69) is 6.92 Å². The average Bonchev–Trinajstić information content (AvgIpc) is 2.66. The zero-order chi connectivity index (χ0) is 21.2. The van der Waals surface area contributed by atoms with E-state index in [-0.39, 0.29) is 0 Å². The molecule has 0 saturated heterocycles. The van der Waals surface area contributed by atoms with Gasteiger partial charge in [-0.1, -0.05) is 58.3 Å². The molecule has 1 aromatic rings. The summed E-state index contributed by atoms with van der Waals surface area (Å²) in [6, 6.07) is 0. The molecule has 0 aliphatic rings.